The van der Waals surface area contributed by atoms with Gasteiger partial charge in [0.25, 0.3) is 0 Å². The zero-order chi connectivity index (χ0) is 19.8. The molecule has 1 aromatic carbocycles. The fourth-order valence-corrected chi connectivity index (χ4v) is 7.01. The third-order valence-electron chi connectivity index (χ3n) is 8.43. The first-order chi connectivity index (χ1) is 14.2. The lowest BCUT2D eigenvalue weighted by Crippen LogP contribution is -2.50. The maximum Gasteiger partial charge on any atom is 0.223 e. The topological polar surface area (TPSA) is 32.8 Å². The van der Waals surface area contributed by atoms with Gasteiger partial charge in [-0.1, -0.05) is 43.5 Å². The van der Waals surface area contributed by atoms with E-state index >= 15 is 0 Å². The van der Waals surface area contributed by atoms with Crippen LogP contribution in [-0.2, 0) is 14.9 Å². The number of piperidine rings is 1. The number of fused-ring (bicyclic) bond motifs is 4. The van der Waals surface area contributed by atoms with E-state index in [0.717, 1.165) is 12.5 Å². The van der Waals surface area contributed by atoms with Crippen LogP contribution in [0.4, 0.5) is 0 Å². The average Bonchev–Trinajstić information content (AvgIpc) is 3.08. The van der Waals surface area contributed by atoms with Crippen molar-refractivity contribution in [3.63, 3.8) is 0 Å². The Hall–Kier alpha value is -1.39. The van der Waals surface area contributed by atoms with E-state index in [1.54, 1.807) is 12.7 Å². The Bertz CT molecular complexity index is 734. The summed E-state index contributed by atoms with van der Waals surface area (Å²) in [6, 6.07) is 10.1. The summed E-state index contributed by atoms with van der Waals surface area (Å²) in [4.78, 5) is 17.8. The van der Waals surface area contributed by atoms with Gasteiger partial charge in [-0.3, -0.25) is 4.79 Å². The SMILES string of the molecule is COCCN1C(=O)C[C@@H]2CC3(CCN(C4CCCCC4)CC3)c3ccccc3[C@@H]21. The Morgan fingerprint density at radius 3 is 2.62 bits per heavy atom. The highest BCUT2D eigenvalue weighted by Crippen LogP contribution is 2.55. The smallest absolute Gasteiger partial charge is 0.223 e. The summed E-state index contributed by atoms with van der Waals surface area (Å²) >= 11 is 0. The molecule has 0 aromatic heterocycles. The largest absolute Gasteiger partial charge is 0.383 e. The summed E-state index contributed by atoms with van der Waals surface area (Å²) in [5.74, 6) is 0.791. The van der Waals surface area contributed by atoms with Gasteiger partial charge in [0.05, 0.1) is 12.6 Å². The molecule has 0 N–H and O–H groups in total. The van der Waals surface area contributed by atoms with Crippen molar-refractivity contribution in [2.45, 2.75) is 75.3 Å². The highest BCUT2D eigenvalue weighted by atomic mass is 16.5. The molecular weight excluding hydrogens is 360 g/mol. The van der Waals surface area contributed by atoms with Gasteiger partial charge in [0.2, 0.25) is 5.91 Å². The second kappa shape index (κ2) is 8.03. The van der Waals surface area contributed by atoms with Gasteiger partial charge in [0, 0.05) is 26.1 Å². The molecule has 2 aliphatic heterocycles. The number of benzene rings is 1. The molecule has 4 nitrogen and oxygen atoms in total. The minimum atomic E-state index is 0.260. The number of carbonyl (C=O) groups is 1. The molecule has 4 heteroatoms. The molecule has 5 rings (SSSR count). The van der Waals surface area contributed by atoms with Crippen molar-refractivity contribution >= 4 is 5.91 Å². The normalized spacial score (nSPS) is 29.8. The van der Waals surface area contributed by atoms with Crippen molar-refractivity contribution in [1.29, 1.82) is 0 Å². The summed E-state index contributed by atoms with van der Waals surface area (Å²) in [5, 5.41) is 0. The molecule has 4 aliphatic rings. The predicted molar refractivity (Wildman–Crippen MR) is 115 cm³/mol. The number of hydrogen-bond acceptors (Lipinski definition) is 3. The number of amides is 1. The molecule has 0 unspecified atom stereocenters. The van der Waals surface area contributed by atoms with Crippen LogP contribution in [0.5, 0.6) is 0 Å². The van der Waals surface area contributed by atoms with Crippen molar-refractivity contribution in [2.75, 3.05) is 33.4 Å². The van der Waals surface area contributed by atoms with E-state index < -0.39 is 0 Å². The first-order valence-electron chi connectivity index (χ1n) is 11.8. The molecule has 2 atom stereocenters. The van der Waals surface area contributed by atoms with Crippen LogP contribution in [0.25, 0.3) is 0 Å². The maximum atomic E-state index is 12.8. The van der Waals surface area contributed by atoms with Gasteiger partial charge in [-0.25, -0.2) is 0 Å². The van der Waals surface area contributed by atoms with Crippen molar-refractivity contribution in [3.8, 4) is 0 Å². The lowest BCUT2D eigenvalue weighted by atomic mass is 9.60. The van der Waals surface area contributed by atoms with E-state index in [4.69, 9.17) is 4.74 Å². The Labute approximate surface area is 175 Å². The van der Waals surface area contributed by atoms with Crippen LogP contribution >= 0.6 is 0 Å². The van der Waals surface area contributed by atoms with Gasteiger partial charge in [-0.2, -0.15) is 0 Å². The average molecular weight is 397 g/mol. The minimum absolute atomic E-state index is 0.260. The number of carbonyl (C=O) groups excluding carboxylic acids is 1. The molecule has 29 heavy (non-hydrogen) atoms. The van der Waals surface area contributed by atoms with Crippen molar-refractivity contribution in [1.82, 2.24) is 9.80 Å². The van der Waals surface area contributed by atoms with Crippen LogP contribution in [0.3, 0.4) is 0 Å². The second-order valence-electron chi connectivity index (χ2n) is 9.89. The standard InChI is InChI=1S/C25H36N2O2/c1-29-16-15-27-23(28)17-19-18-25(22-10-6-5-9-21(22)24(19)27)11-13-26(14-12-25)20-7-3-2-4-8-20/h5-6,9-10,19-20,24H,2-4,7-8,11-18H2,1H3/t19-,24-/m1/s1. The lowest BCUT2D eigenvalue weighted by molar-refractivity contribution is -0.129. The molecule has 0 bridgehead atoms. The number of nitrogens with zero attached hydrogens (tertiary/aromatic N) is 2. The first kappa shape index (κ1) is 19.6. The summed E-state index contributed by atoms with van der Waals surface area (Å²) in [6.45, 7) is 3.81. The van der Waals surface area contributed by atoms with Crippen LogP contribution in [0.1, 0.15) is 75.0 Å². The monoisotopic (exact) mass is 396 g/mol. The van der Waals surface area contributed by atoms with Crippen molar-refractivity contribution in [2.24, 2.45) is 5.92 Å². The van der Waals surface area contributed by atoms with Crippen molar-refractivity contribution in [3.05, 3.63) is 35.4 Å². The molecule has 0 radical (unpaired) electrons. The fourth-order valence-electron chi connectivity index (χ4n) is 7.01. The Morgan fingerprint density at radius 1 is 1.10 bits per heavy atom. The molecule has 1 saturated carbocycles. The summed E-state index contributed by atoms with van der Waals surface area (Å²) in [7, 11) is 1.72. The number of hydrogen-bond donors (Lipinski definition) is 0. The van der Waals surface area contributed by atoms with Crippen LogP contribution in [0, 0.1) is 5.92 Å². The third kappa shape index (κ3) is 3.42. The molecule has 2 heterocycles. The van der Waals surface area contributed by atoms with Gasteiger partial charge < -0.3 is 14.5 Å². The van der Waals surface area contributed by atoms with E-state index in [-0.39, 0.29) is 11.5 Å². The van der Waals surface area contributed by atoms with Crippen LogP contribution in [0.2, 0.25) is 0 Å². The zero-order valence-electron chi connectivity index (χ0n) is 17.9. The number of rotatable bonds is 4. The summed E-state index contributed by atoms with van der Waals surface area (Å²) in [5.41, 5.74) is 3.25. The Morgan fingerprint density at radius 2 is 1.86 bits per heavy atom. The molecular formula is C25H36N2O2. The zero-order valence-corrected chi connectivity index (χ0v) is 17.9. The van der Waals surface area contributed by atoms with E-state index in [2.05, 4.69) is 34.1 Å². The molecule has 2 saturated heterocycles. The van der Waals surface area contributed by atoms with E-state index in [9.17, 15) is 4.79 Å². The van der Waals surface area contributed by atoms with E-state index in [1.165, 1.54) is 70.0 Å². The Balaban J connectivity index is 1.40. The van der Waals surface area contributed by atoms with Crippen LogP contribution in [0.15, 0.2) is 24.3 Å². The molecule has 1 aromatic rings. The number of ether oxygens (including phenoxy) is 1. The highest BCUT2D eigenvalue weighted by molar-refractivity contribution is 5.80. The fraction of sp³-hybridized carbons (Fsp3) is 0.720. The van der Waals surface area contributed by atoms with Gasteiger partial charge in [0.1, 0.15) is 0 Å². The predicted octanol–water partition coefficient (Wildman–Crippen LogP) is 4.29. The van der Waals surface area contributed by atoms with Crippen LogP contribution in [-0.4, -0.2) is 55.1 Å². The van der Waals surface area contributed by atoms with Gasteiger partial charge >= 0.3 is 0 Å². The van der Waals surface area contributed by atoms with Crippen molar-refractivity contribution < 1.29 is 9.53 Å². The second-order valence-corrected chi connectivity index (χ2v) is 9.89. The maximum absolute atomic E-state index is 12.8. The quantitative estimate of drug-likeness (QED) is 0.761. The highest BCUT2D eigenvalue weighted by Gasteiger charge is 2.52. The summed E-state index contributed by atoms with van der Waals surface area (Å²) < 4.78 is 5.30. The Kier molecular flexibility index (Phi) is 5.42. The van der Waals surface area contributed by atoms with Crippen LogP contribution < -0.4 is 0 Å². The van der Waals surface area contributed by atoms with Gasteiger partial charge in [-0.05, 0) is 67.7 Å². The third-order valence-corrected chi connectivity index (χ3v) is 8.43. The van der Waals surface area contributed by atoms with E-state index in [0.29, 0.717) is 25.0 Å². The summed E-state index contributed by atoms with van der Waals surface area (Å²) in [6.07, 6.45) is 11.5. The molecule has 158 valence electrons. The van der Waals surface area contributed by atoms with Gasteiger partial charge in [0.15, 0.2) is 0 Å². The molecule has 3 fully saturated rings. The lowest BCUT2D eigenvalue weighted by Gasteiger charge is -2.51. The molecule has 1 amide bonds. The molecule has 1 spiro atoms. The molecule has 2 aliphatic carbocycles. The number of likely N-dealkylation sites (tertiary alicyclic amines) is 2. The van der Waals surface area contributed by atoms with E-state index in [1.807, 2.05) is 0 Å². The number of methoxy groups -OCH3 is 1. The van der Waals surface area contributed by atoms with Gasteiger partial charge in [-0.15, -0.1) is 0 Å². The first-order valence-corrected chi connectivity index (χ1v) is 11.8. The minimum Gasteiger partial charge on any atom is -0.383 e.